The fourth-order valence-corrected chi connectivity index (χ4v) is 3.31. The van der Waals surface area contributed by atoms with E-state index in [1.54, 1.807) is 18.2 Å². The lowest BCUT2D eigenvalue weighted by atomic mass is 10.0. The minimum Gasteiger partial charge on any atom is -0.320 e. The Balaban J connectivity index is 3.02. The first-order chi connectivity index (χ1) is 9.81. The summed E-state index contributed by atoms with van der Waals surface area (Å²) >= 11 is 0. The van der Waals surface area contributed by atoms with Gasteiger partial charge in [-0.1, -0.05) is 32.1 Å². The summed E-state index contributed by atoms with van der Waals surface area (Å²) in [7, 11) is -3.50. The van der Waals surface area contributed by atoms with E-state index in [9.17, 15) is 8.42 Å². The van der Waals surface area contributed by atoms with Crippen LogP contribution in [0.5, 0.6) is 0 Å². The highest BCUT2D eigenvalue weighted by Gasteiger charge is 2.20. The number of aryl methyl sites for hydroxylation is 1. The molecule has 21 heavy (non-hydrogen) atoms. The van der Waals surface area contributed by atoms with Crippen molar-refractivity contribution >= 4 is 10.0 Å². The standard InChI is InChI=1S/C16H24N2O2S/c1-5-12(2)14(4)18-21(19,20)16-9-8-15(7-6-10-17)13(3)11-16/h8-9,11-12,14,18H,5,10,17H2,1-4H3. The van der Waals surface area contributed by atoms with Crippen LogP contribution in [0.2, 0.25) is 0 Å². The molecule has 0 saturated heterocycles. The van der Waals surface area contributed by atoms with Gasteiger partial charge in [0.1, 0.15) is 0 Å². The molecule has 4 nitrogen and oxygen atoms in total. The van der Waals surface area contributed by atoms with Gasteiger partial charge in [0.25, 0.3) is 0 Å². The average Bonchev–Trinajstić information content (AvgIpc) is 2.44. The van der Waals surface area contributed by atoms with Crippen molar-refractivity contribution in [3.05, 3.63) is 29.3 Å². The molecule has 0 aliphatic rings. The zero-order valence-electron chi connectivity index (χ0n) is 13.1. The van der Waals surface area contributed by atoms with Crippen LogP contribution in [0, 0.1) is 24.7 Å². The Morgan fingerprint density at radius 2 is 2.00 bits per heavy atom. The molecule has 0 fully saturated rings. The number of rotatable bonds is 5. The number of hydrogen-bond acceptors (Lipinski definition) is 3. The van der Waals surface area contributed by atoms with Gasteiger partial charge in [-0.05, 0) is 43.5 Å². The molecule has 1 rings (SSSR count). The highest BCUT2D eigenvalue weighted by molar-refractivity contribution is 7.89. The van der Waals surface area contributed by atoms with Crippen LogP contribution in [0.15, 0.2) is 23.1 Å². The van der Waals surface area contributed by atoms with E-state index in [0.717, 1.165) is 17.5 Å². The molecule has 2 atom stereocenters. The number of benzene rings is 1. The fraction of sp³-hybridized carbons (Fsp3) is 0.500. The molecule has 1 aromatic carbocycles. The summed E-state index contributed by atoms with van der Waals surface area (Å²) in [4.78, 5) is 0.272. The van der Waals surface area contributed by atoms with E-state index in [-0.39, 0.29) is 23.4 Å². The van der Waals surface area contributed by atoms with Crippen molar-refractivity contribution in [1.29, 1.82) is 0 Å². The van der Waals surface area contributed by atoms with E-state index in [1.165, 1.54) is 0 Å². The van der Waals surface area contributed by atoms with Crippen molar-refractivity contribution < 1.29 is 8.42 Å². The molecule has 0 heterocycles. The second kappa shape index (κ2) is 7.60. The largest absolute Gasteiger partial charge is 0.320 e. The number of nitrogens with one attached hydrogen (secondary N) is 1. The van der Waals surface area contributed by atoms with Gasteiger partial charge in [-0.15, -0.1) is 0 Å². The van der Waals surface area contributed by atoms with Crippen molar-refractivity contribution in [2.75, 3.05) is 6.54 Å². The van der Waals surface area contributed by atoms with Crippen LogP contribution in [0.4, 0.5) is 0 Å². The molecule has 5 heteroatoms. The first-order valence-corrected chi connectivity index (χ1v) is 8.62. The predicted molar refractivity (Wildman–Crippen MR) is 86.3 cm³/mol. The van der Waals surface area contributed by atoms with E-state index < -0.39 is 10.0 Å². The SMILES string of the molecule is CCC(C)C(C)NS(=O)(=O)c1ccc(C#CCN)c(C)c1. The van der Waals surface area contributed by atoms with Gasteiger partial charge in [0.15, 0.2) is 0 Å². The zero-order chi connectivity index (χ0) is 16.0. The topological polar surface area (TPSA) is 72.2 Å². The van der Waals surface area contributed by atoms with Crippen molar-refractivity contribution in [1.82, 2.24) is 4.72 Å². The molecule has 0 spiro atoms. The molecule has 0 aliphatic heterocycles. The van der Waals surface area contributed by atoms with Crippen LogP contribution < -0.4 is 10.5 Å². The molecule has 0 radical (unpaired) electrons. The third-order valence-corrected chi connectivity index (χ3v) is 5.23. The summed E-state index contributed by atoms with van der Waals surface area (Å²) < 4.78 is 27.5. The molecular weight excluding hydrogens is 284 g/mol. The summed E-state index contributed by atoms with van der Waals surface area (Å²) in [5.74, 6) is 5.99. The predicted octanol–water partition coefficient (Wildman–Crippen LogP) is 2.02. The van der Waals surface area contributed by atoms with Crippen LogP contribution in [-0.2, 0) is 10.0 Å². The second-order valence-electron chi connectivity index (χ2n) is 5.28. The first kappa shape index (κ1) is 17.7. The summed E-state index contributed by atoms with van der Waals surface area (Å²) in [6, 6.07) is 4.85. The molecule has 0 bridgehead atoms. The van der Waals surface area contributed by atoms with Gasteiger partial charge in [-0.2, -0.15) is 0 Å². The lowest BCUT2D eigenvalue weighted by Crippen LogP contribution is -2.36. The van der Waals surface area contributed by atoms with Crippen LogP contribution in [-0.4, -0.2) is 21.0 Å². The van der Waals surface area contributed by atoms with Gasteiger partial charge in [0, 0.05) is 11.6 Å². The maximum absolute atomic E-state index is 12.4. The van der Waals surface area contributed by atoms with E-state index in [2.05, 4.69) is 16.6 Å². The third-order valence-electron chi connectivity index (χ3n) is 3.67. The van der Waals surface area contributed by atoms with Crippen LogP contribution in [0.25, 0.3) is 0 Å². The highest BCUT2D eigenvalue weighted by atomic mass is 32.2. The van der Waals surface area contributed by atoms with Gasteiger partial charge in [0.2, 0.25) is 10.0 Å². The molecule has 0 aromatic heterocycles. The normalized spacial score (nSPS) is 14.1. The fourth-order valence-electron chi connectivity index (χ4n) is 1.87. The monoisotopic (exact) mass is 308 g/mol. The van der Waals surface area contributed by atoms with E-state index in [0.29, 0.717) is 0 Å². The van der Waals surface area contributed by atoms with Crippen LogP contribution in [0.1, 0.15) is 38.3 Å². The third kappa shape index (κ3) is 4.85. The zero-order valence-corrected chi connectivity index (χ0v) is 13.9. The molecule has 1 aromatic rings. The van der Waals surface area contributed by atoms with E-state index >= 15 is 0 Å². The molecule has 116 valence electrons. The van der Waals surface area contributed by atoms with Gasteiger partial charge in [0.05, 0.1) is 11.4 Å². The maximum atomic E-state index is 12.4. The Bertz CT molecular complexity index is 642. The molecule has 0 amide bonds. The highest BCUT2D eigenvalue weighted by Crippen LogP contribution is 2.17. The minimum absolute atomic E-state index is 0.1000. The van der Waals surface area contributed by atoms with Crippen molar-refractivity contribution in [2.45, 2.75) is 45.1 Å². The first-order valence-electron chi connectivity index (χ1n) is 7.13. The summed E-state index contributed by atoms with van der Waals surface area (Å²) in [6.07, 6.45) is 0.927. The Morgan fingerprint density at radius 3 is 2.52 bits per heavy atom. The lowest BCUT2D eigenvalue weighted by molar-refractivity contribution is 0.434. The average molecular weight is 308 g/mol. The Morgan fingerprint density at radius 1 is 1.33 bits per heavy atom. The lowest BCUT2D eigenvalue weighted by Gasteiger charge is -2.20. The van der Waals surface area contributed by atoms with Crippen molar-refractivity contribution in [3.63, 3.8) is 0 Å². The maximum Gasteiger partial charge on any atom is 0.240 e. The quantitative estimate of drug-likeness (QED) is 0.817. The smallest absolute Gasteiger partial charge is 0.240 e. The summed E-state index contributed by atoms with van der Waals surface area (Å²) in [5, 5.41) is 0. The molecule has 0 aliphatic carbocycles. The van der Waals surface area contributed by atoms with Gasteiger partial charge >= 0.3 is 0 Å². The Labute approximate surface area is 128 Å². The van der Waals surface area contributed by atoms with Crippen molar-refractivity contribution in [2.24, 2.45) is 11.7 Å². The van der Waals surface area contributed by atoms with Crippen LogP contribution >= 0.6 is 0 Å². The Kier molecular flexibility index (Phi) is 6.41. The minimum atomic E-state index is -3.50. The number of sulfonamides is 1. The summed E-state index contributed by atoms with van der Waals surface area (Å²) in [6.45, 7) is 8.10. The summed E-state index contributed by atoms with van der Waals surface area (Å²) in [5.41, 5.74) is 6.97. The van der Waals surface area contributed by atoms with Gasteiger partial charge in [-0.25, -0.2) is 13.1 Å². The molecule has 2 unspecified atom stereocenters. The number of nitrogens with two attached hydrogens (primary N) is 1. The van der Waals surface area contributed by atoms with E-state index in [1.807, 2.05) is 27.7 Å². The molecule has 3 N–H and O–H groups in total. The van der Waals surface area contributed by atoms with Crippen LogP contribution in [0.3, 0.4) is 0 Å². The van der Waals surface area contributed by atoms with Gasteiger partial charge in [-0.3, -0.25) is 0 Å². The Hall–Kier alpha value is -1.35. The second-order valence-corrected chi connectivity index (χ2v) is 6.99. The molecular formula is C16H24N2O2S. The van der Waals surface area contributed by atoms with Gasteiger partial charge < -0.3 is 5.73 Å². The van der Waals surface area contributed by atoms with Crippen molar-refractivity contribution in [3.8, 4) is 11.8 Å². The van der Waals surface area contributed by atoms with E-state index in [4.69, 9.17) is 5.73 Å². The molecule has 0 saturated carbocycles. The number of hydrogen-bond donors (Lipinski definition) is 2.